The molecule has 2 amide bonds. The highest BCUT2D eigenvalue weighted by molar-refractivity contribution is 5.94. The summed E-state index contributed by atoms with van der Waals surface area (Å²) in [7, 11) is 0. The third kappa shape index (κ3) is 5.31. The van der Waals surface area contributed by atoms with Gasteiger partial charge in [0, 0.05) is 36.8 Å². The number of nitrogens with one attached hydrogen (secondary N) is 2. The molecule has 2 aromatic carbocycles. The average Bonchev–Trinajstić information content (AvgIpc) is 2.77. The smallest absolute Gasteiger partial charge is 0.262 e. The van der Waals surface area contributed by atoms with Crippen LogP contribution in [0, 0.1) is 0 Å². The lowest BCUT2D eigenvalue weighted by atomic mass is 10.1. The summed E-state index contributed by atoms with van der Waals surface area (Å²) in [6.45, 7) is 3.33. The van der Waals surface area contributed by atoms with Crippen LogP contribution in [0.4, 0.5) is 17.2 Å². The summed E-state index contributed by atoms with van der Waals surface area (Å²) in [6, 6.07) is 16.8. The topological polar surface area (TPSA) is 83.6 Å². The predicted molar refractivity (Wildman–Crippen MR) is 123 cm³/mol. The summed E-state index contributed by atoms with van der Waals surface area (Å²) in [5, 5.41) is 6.46. The highest BCUT2D eigenvalue weighted by atomic mass is 16.5. The molecule has 0 spiro atoms. The molecule has 31 heavy (non-hydrogen) atoms. The van der Waals surface area contributed by atoms with Crippen molar-refractivity contribution in [2.75, 3.05) is 35.2 Å². The van der Waals surface area contributed by atoms with Crippen LogP contribution in [0.3, 0.4) is 0 Å². The number of hydrogen-bond acceptors (Lipinski definition) is 5. The lowest BCUT2D eigenvalue weighted by Crippen LogP contribution is -2.30. The number of fused-ring (bicyclic) bond motifs is 1. The molecule has 2 N–H and O–H groups in total. The number of carbonyl (C=O) groups excluding carboxylic acids is 2. The molecule has 1 fully saturated rings. The fourth-order valence-electron chi connectivity index (χ4n) is 3.74. The Hall–Kier alpha value is -3.61. The summed E-state index contributed by atoms with van der Waals surface area (Å²) >= 11 is 0. The van der Waals surface area contributed by atoms with Gasteiger partial charge < -0.3 is 20.3 Å². The first-order valence-corrected chi connectivity index (χ1v) is 10.5. The minimum absolute atomic E-state index is 0.140. The number of pyridine rings is 1. The highest BCUT2D eigenvalue weighted by Gasteiger charge is 2.14. The maximum atomic E-state index is 12.4. The van der Waals surface area contributed by atoms with Crippen molar-refractivity contribution in [3.8, 4) is 5.75 Å². The van der Waals surface area contributed by atoms with Gasteiger partial charge in [-0.25, -0.2) is 4.98 Å². The Labute approximate surface area is 181 Å². The quantitative estimate of drug-likeness (QED) is 0.627. The van der Waals surface area contributed by atoms with Gasteiger partial charge in [0.15, 0.2) is 6.61 Å². The molecule has 0 radical (unpaired) electrons. The molecular formula is C24H26N4O3. The van der Waals surface area contributed by atoms with Crippen LogP contribution in [-0.4, -0.2) is 36.5 Å². The van der Waals surface area contributed by atoms with Crippen LogP contribution in [-0.2, 0) is 9.59 Å². The molecule has 0 bridgehead atoms. The number of aromatic nitrogens is 1. The fraction of sp³-hybridized carbons (Fsp3) is 0.292. The Morgan fingerprint density at radius 3 is 2.48 bits per heavy atom. The molecule has 1 aliphatic rings. The number of anilines is 3. The minimum atomic E-state index is -0.288. The van der Waals surface area contributed by atoms with E-state index < -0.39 is 0 Å². The van der Waals surface area contributed by atoms with Crippen LogP contribution in [0.15, 0.2) is 54.6 Å². The Morgan fingerprint density at radius 2 is 1.71 bits per heavy atom. The van der Waals surface area contributed by atoms with Crippen LogP contribution in [0.1, 0.15) is 26.2 Å². The summed E-state index contributed by atoms with van der Waals surface area (Å²) in [6.07, 6.45) is 3.63. The van der Waals surface area contributed by atoms with Crippen molar-refractivity contribution in [1.29, 1.82) is 0 Å². The van der Waals surface area contributed by atoms with Gasteiger partial charge in [-0.3, -0.25) is 9.59 Å². The predicted octanol–water partition coefficient (Wildman–Crippen LogP) is 4.20. The largest absolute Gasteiger partial charge is 0.481 e. The van der Waals surface area contributed by atoms with Crippen LogP contribution < -0.4 is 20.3 Å². The zero-order valence-corrected chi connectivity index (χ0v) is 17.6. The summed E-state index contributed by atoms with van der Waals surface area (Å²) in [5.74, 6) is 1.07. The summed E-state index contributed by atoms with van der Waals surface area (Å²) < 4.78 is 5.83. The third-order valence-electron chi connectivity index (χ3n) is 5.17. The Kier molecular flexibility index (Phi) is 6.31. The molecule has 0 aliphatic carbocycles. The van der Waals surface area contributed by atoms with E-state index in [1.165, 1.54) is 26.2 Å². The van der Waals surface area contributed by atoms with E-state index in [-0.39, 0.29) is 18.4 Å². The van der Waals surface area contributed by atoms with E-state index in [4.69, 9.17) is 9.72 Å². The van der Waals surface area contributed by atoms with Gasteiger partial charge in [0.25, 0.3) is 5.91 Å². The number of benzene rings is 2. The first-order valence-electron chi connectivity index (χ1n) is 10.5. The van der Waals surface area contributed by atoms with Crippen LogP contribution in [0.25, 0.3) is 10.9 Å². The first kappa shape index (κ1) is 20.7. The van der Waals surface area contributed by atoms with E-state index in [1.54, 1.807) is 24.3 Å². The number of rotatable bonds is 6. The second kappa shape index (κ2) is 9.47. The normalized spacial score (nSPS) is 13.6. The van der Waals surface area contributed by atoms with E-state index >= 15 is 0 Å². The standard InChI is InChI=1S/C24H26N4O3/c1-17(29)25-19-8-6-9-20(15-19)26-23(30)16-31-21-10-5-7-18-11-12-22(27-24(18)21)28-13-3-2-4-14-28/h5-12,15H,2-4,13-14,16H2,1H3,(H,25,29)(H,26,30). The maximum absolute atomic E-state index is 12.4. The van der Waals surface area contributed by atoms with Crippen LogP contribution in [0.2, 0.25) is 0 Å². The second-order valence-corrected chi connectivity index (χ2v) is 7.64. The van der Waals surface area contributed by atoms with Crippen molar-refractivity contribution in [1.82, 2.24) is 4.98 Å². The molecule has 0 atom stereocenters. The van der Waals surface area contributed by atoms with Crippen molar-refractivity contribution < 1.29 is 14.3 Å². The monoisotopic (exact) mass is 418 g/mol. The molecule has 0 unspecified atom stereocenters. The van der Waals surface area contributed by atoms with Gasteiger partial charge in [-0.15, -0.1) is 0 Å². The lowest BCUT2D eigenvalue weighted by molar-refractivity contribution is -0.118. The van der Waals surface area contributed by atoms with Crippen LogP contribution in [0.5, 0.6) is 5.75 Å². The number of nitrogens with zero attached hydrogens (tertiary/aromatic N) is 2. The minimum Gasteiger partial charge on any atom is -0.481 e. The van der Waals surface area contributed by atoms with Crippen LogP contribution >= 0.6 is 0 Å². The van der Waals surface area contributed by atoms with E-state index in [0.717, 1.165) is 29.8 Å². The van der Waals surface area contributed by atoms with Crippen molar-refractivity contribution in [3.63, 3.8) is 0 Å². The molecule has 4 rings (SSSR count). The second-order valence-electron chi connectivity index (χ2n) is 7.64. The van der Waals surface area contributed by atoms with Gasteiger partial charge in [0.05, 0.1) is 0 Å². The number of para-hydroxylation sites is 1. The number of piperidine rings is 1. The average molecular weight is 418 g/mol. The number of carbonyl (C=O) groups is 2. The van der Waals surface area contributed by atoms with Crippen molar-refractivity contribution in [2.45, 2.75) is 26.2 Å². The van der Waals surface area contributed by atoms with Gasteiger partial charge >= 0.3 is 0 Å². The molecule has 3 aromatic rings. The van der Waals surface area contributed by atoms with E-state index in [0.29, 0.717) is 17.1 Å². The molecule has 7 nitrogen and oxygen atoms in total. The van der Waals surface area contributed by atoms with Gasteiger partial charge in [-0.2, -0.15) is 0 Å². The molecule has 7 heteroatoms. The number of ether oxygens (including phenoxy) is 1. The van der Waals surface area contributed by atoms with E-state index in [1.807, 2.05) is 30.3 Å². The first-order chi connectivity index (χ1) is 15.1. The van der Waals surface area contributed by atoms with Crippen molar-refractivity contribution in [3.05, 3.63) is 54.6 Å². The highest BCUT2D eigenvalue weighted by Crippen LogP contribution is 2.27. The Morgan fingerprint density at radius 1 is 0.968 bits per heavy atom. The van der Waals surface area contributed by atoms with Crippen molar-refractivity contribution in [2.24, 2.45) is 0 Å². The van der Waals surface area contributed by atoms with Gasteiger partial charge in [0.1, 0.15) is 17.1 Å². The van der Waals surface area contributed by atoms with Gasteiger partial charge in [0.2, 0.25) is 5.91 Å². The molecule has 2 heterocycles. The molecule has 1 saturated heterocycles. The molecular weight excluding hydrogens is 392 g/mol. The summed E-state index contributed by atoms with van der Waals surface area (Å²) in [4.78, 5) is 30.8. The fourth-order valence-corrected chi connectivity index (χ4v) is 3.74. The van der Waals surface area contributed by atoms with Gasteiger partial charge in [-0.05, 0) is 55.7 Å². The van der Waals surface area contributed by atoms with Gasteiger partial charge in [-0.1, -0.05) is 18.2 Å². The summed E-state index contributed by atoms with van der Waals surface area (Å²) in [5.41, 5.74) is 1.96. The molecule has 0 saturated carbocycles. The van der Waals surface area contributed by atoms with E-state index in [2.05, 4.69) is 15.5 Å². The number of hydrogen-bond donors (Lipinski definition) is 2. The van der Waals surface area contributed by atoms with Crippen molar-refractivity contribution >= 4 is 39.9 Å². The molecule has 1 aromatic heterocycles. The zero-order valence-electron chi connectivity index (χ0n) is 17.6. The number of amides is 2. The SMILES string of the molecule is CC(=O)Nc1cccc(NC(=O)COc2cccc3ccc(N4CCCCC4)nc23)c1. The zero-order chi connectivity index (χ0) is 21.6. The Bertz CT molecular complexity index is 1090. The van der Waals surface area contributed by atoms with E-state index in [9.17, 15) is 9.59 Å². The Balaban J connectivity index is 1.44. The third-order valence-corrected chi connectivity index (χ3v) is 5.17. The molecule has 160 valence electrons. The lowest BCUT2D eigenvalue weighted by Gasteiger charge is -2.28. The molecule has 1 aliphatic heterocycles. The maximum Gasteiger partial charge on any atom is 0.262 e.